The second kappa shape index (κ2) is 5.41. The smallest absolute Gasteiger partial charge is 0.166 e. The lowest BCUT2D eigenvalue weighted by atomic mass is 9.95. The van der Waals surface area contributed by atoms with Crippen LogP contribution in [0.2, 0.25) is 0 Å². The van der Waals surface area contributed by atoms with Crippen molar-refractivity contribution in [2.24, 2.45) is 0 Å². The second-order valence-corrected chi connectivity index (χ2v) is 6.12. The molecular weight excluding hydrogens is 248 g/mol. The van der Waals surface area contributed by atoms with Crippen molar-refractivity contribution in [3.05, 3.63) is 22.8 Å². The van der Waals surface area contributed by atoms with Gasteiger partial charge in [0.15, 0.2) is 11.5 Å². The monoisotopic (exact) mass is 268 g/mol. The normalized spacial score (nSPS) is 23.2. The van der Waals surface area contributed by atoms with E-state index in [2.05, 4.69) is 13.8 Å². The number of methoxy groups -OCH3 is 2. The number of hydrogen-bond donors (Lipinski definition) is 1. The van der Waals surface area contributed by atoms with Gasteiger partial charge in [0, 0.05) is 16.6 Å². The molecule has 0 bridgehead atoms. The summed E-state index contributed by atoms with van der Waals surface area (Å²) in [6.07, 6.45) is 0.273. The van der Waals surface area contributed by atoms with E-state index in [0.717, 1.165) is 23.3 Å². The minimum atomic E-state index is -0.478. The molecule has 0 saturated heterocycles. The van der Waals surface area contributed by atoms with Gasteiger partial charge in [0.05, 0.1) is 20.3 Å². The molecule has 0 amide bonds. The molecule has 0 aromatic heterocycles. The number of rotatable bonds is 2. The van der Waals surface area contributed by atoms with Crippen LogP contribution in [0.25, 0.3) is 0 Å². The van der Waals surface area contributed by atoms with E-state index in [1.165, 1.54) is 5.56 Å². The standard InChI is InChI=1S/C14H20O3S/c1-8-5-12(16-3)14(17-4)13-10(8)7-18-9(2)6-11(13)15/h5,9,11,15H,6-7H2,1-4H3. The zero-order chi connectivity index (χ0) is 13.3. The maximum Gasteiger partial charge on any atom is 0.166 e. The Morgan fingerprint density at radius 2 is 2.06 bits per heavy atom. The van der Waals surface area contributed by atoms with E-state index < -0.39 is 6.10 Å². The quantitative estimate of drug-likeness (QED) is 0.894. The Morgan fingerprint density at radius 1 is 1.33 bits per heavy atom. The lowest BCUT2D eigenvalue weighted by molar-refractivity contribution is 0.163. The Balaban J connectivity index is 2.62. The van der Waals surface area contributed by atoms with E-state index >= 15 is 0 Å². The number of aliphatic hydroxyl groups is 1. The molecule has 1 heterocycles. The van der Waals surface area contributed by atoms with Crippen LogP contribution in [0.15, 0.2) is 6.07 Å². The van der Waals surface area contributed by atoms with Crippen molar-refractivity contribution < 1.29 is 14.6 Å². The fourth-order valence-electron chi connectivity index (χ4n) is 2.46. The Kier molecular flexibility index (Phi) is 4.07. The van der Waals surface area contributed by atoms with Gasteiger partial charge in [0.2, 0.25) is 0 Å². The molecule has 1 aliphatic rings. The molecular formula is C14H20O3S. The Bertz CT molecular complexity index is 445. The largest absolute Gasteiger partial charge is 0.493 e. The minimum absolute atomic E-state index is 0.447. The van der Waals surface area contributed by atoms with Gasteiger partial charge in [-0.05, 0) is 30.5 Å². The zero-order valence-electron chi connectivity index (χ0n) is 11.3. The summed E-state index contributed by atoms with van der Waals surface area (Å²) in [6, 6.07) is 1.99. The molecule has 2 unspecified atom stereocenters. The Labute approximate surface area is 112 Å². The predicted octanol–water partition coefficient (Wildman–Crippen LogP) is 3.07. The Morgan fingerprint density at radius 3 is 2.67 bits per heavy atom. The van der Waals surface area contributed by atoms with Gasteiger partial charge in [-0.3, -0.25) is 0 Å². The lowest BCUT2D eigenvalue weighted by Crippen LogP contribution is -2.07. The molecule has 1 aromatic carbocycles. The van der Waals surface area contributed by atoms with E-state index in [-0.39, 0.29) is 0 Å². The van der Waals surface area contributed by atoms with Crippen LogP contribution in [0.3, 0.4) is 0 Å². The second-order valence-electron chi connectivity index (χ2n) is 4.69. The summed E-state index contributed by atoms with van der Waals surface area (Å²) in [7, 11) is 3.26. The molecule has 0 spiro atoms. The van der Waals surface area contributed by atoms with Crippen LogP contribution in [-0.2, 0) is 5.75 Å². The summed E-state index contributed by atoms with van der Waals surface area (Å²) in [5.74, 6) is 2.30. The van der Waals surface area contributed by atoms with Crippen LogP contribution in [-0.4, -0.2) is 24.6 Å². The van der Waals surface area contributed by atoms with Gasteiger partial charge in [0.25, 0.3) is 0 Å². The SMILES string of the molecule is COc1cc(C)c2c(c1OC)C(O)CC(C)SC2. The predicted molar refractivity (Wildman–Crippen MR) is 74.6 cm³/mol. The molecule has 1 N–H and O–H groups in total. The molecule has 0 saturated carbocycles. The summed E-state index contributed by atoms with van der Waals surface area (Å²) < 4.78 is 10.8. The van der Waals surface area contributed by atoms with Crippen LogP contribution in [0.5, 0.6) is 11.5 Å². The van der Waals surface area contributed by atoms with Crippen molar-refractivity contribution in [3.8, 4) is 11.5 Å². The molecule has 18 heavy (non-hydrogen) atoms. The van der Waals surface area contributed by atoms with Crippen molar-refractivity contribution in [1.29, 1.82) is 0 Å². The molecule has 0 fully saturated rings. The van der Waals surface area contributed by atoms with Gasteiger partial charge in [-0.25, -0.2) is 0 Å². The third-order valence-corrected chi connectivity index (χ3v) is 4.66. The molecule has 0 radical (unpaired) electrons. The number of benzene rings is 1. The minimum Gasteiger partial charge on any atom is -0.493 e. The van der Waals surface area contributed by atoms with Crippen LogP contribution in [0.4, 0.5) is 0 Å². The Hall–Kier alpha value is -0.870. The number of fused-ring (bicyclic) bond motifs is 1. The van der Waals surface area contributed by atoms with Crippen molar-refractivity contribution in [2.45, 2.75) is 37.4 Å². The van der Waals surface area contributed by atoms with E-state index in [4.69, 9.17) is 9.47 Å². The highest BCUT2D eigenvalue weighted by atomic mass is 32.2. The fourth-order valence-corrected chi connectivity index (χ4v) is 3.62. The summed E-state index contributed by atoms with van der Waals surface area (Å²) in [5, 5.41) is 10.9. The summed E-state index contributed by atoms with van der Waals surface area (Å²) >= 11 is 1.88. The summed E-state index contributed by atoms with van der Waals surface area (Å²) in [5.41, 5.74) is 3.25. The first-order chi connectivity index (χ1) is 8.58. The van der Waals surface area contributed by atoms with Gasteiger partial charge in [-0.1, -0.05) is 6.92 Å². The van der Waals surface area contributed by atoms with Gasteiger partial charge < -0.3 is 14.6 Å². The first-order valence-electron chi connectivity index (χ1n) is 6.12. The zero-order valence-corrected chi connectivity index (χ0v) is 12.1. The average molecular weight is 268 g/mol. The van der Waals surface area contributed by atoms with Crippen LogP contribution >= 0.6 is 11.8 Å². The number of aryl methyl sites for hydroxylation is 1. The van der Waals surface area contributed by atoms with Crippen molar-refractivity contribution in [2.75, 3.05) is 14.2 Å². The molecule has 1 aliphatic heterocycles. The van der Waals surface area contributed by atoms with Crippen LogP contribution in [0, 0.1) is 6.92 Å². The summed E-state index contributed by atoms with van der Waals surface area (Å²) in [6.45, 7) is 4.21. The highest BCUT2D eigenvalue weighted by Gasteiger charge is 2.28. The average Bonchev–Trinajstić information content (AvgIpc) is 2.49. The van der Waals surface area contributed by atoms with Crippen molar-refractivity contribution in [3.63, 3.8) is 0 Å². The maximum absolute atomic E-state index is 10.4. The van der Waals surface area contributed by atoms with Gasteiger partial charge in [-0.15, -0.1) is 0 Å². The molecule has 2 rings (SSSR count). The summed E-state index contributed by atoms with van der Waals surface area (Å²) in [4.78, 5) is 0. The third kappa shape index (κ3) is 2.31. The van der Waals surface area contributed by atoms with E-state index in [1.54, 1.807) is 14.2 Å². The topological polar surface area (TPSA) is 38.7 Å². The number of thioether (sulfide) groups is 1. The highest BCUT2D eigenvalue weighted by Crippen LogP contribution is 2.45. The van der Waals surface area contributed by atoms with Crippen molar-refractivity contribution in [1.82, 2.24) is 0 Å². The molecule has 4 heteroatoms. The lowest BCUT2D eigenvalue weighted by Gasteiger charge is -2.20. The number of hydrogen-bond acceptors (Lipinski definition) is 4. The van der Waals surface area contributed by atoms with Gasteiger partial charge in [0.1, 0.15) is 0 Å². The van der Waals surface area contributed by atoms with Crippen LogP contribution < -0.4 is 9.47 Å². The van der Waals surface area contributed by atoms with Crippen molar-refractivity contribution >= 4 is 11.8 Å². The number of ether oxygens (including phenoxy) is 2. The van der Waals surface area contributed by atoms with E-state index in [0.29, 0.717) is 16.7 Å². The molecule has 0 aliphatic carbocycles. The maximum atomic E-state index is 10.4. The highest BCUT2D eigenvalue weighted by molar-refractivity contribution is 7.99. The molecule has 3 nitrogen and oxygen atoms in total. The molecule has 1 aromatic rings. The fraction of sp³-hybridized carbons (Fsp3) is 0.571. The van der Waals surface area contributed by atoms with E-state index in [9.17, 15) is 5.11 Å². The molecule has 2 atom stereocenters. The number of aliphatic hydroxyl groups excluding tert-OH is 1. The first-order valence-corrected chi connectivity index (χ1v) is 7.17. The molecule has 100 valence electrons. The van der Waals surface area contributed by atoms with Gasteiger partial charge in [-0.2, -0.15) is 11.8 Å². The first kappa shape index (κ1) is 13.6. The third-order valence-electron chi connectivity index (χ3n) is 3.44. The van der Waals surface area contributed by atoms with Gasteiger partial charge >= 0.3 is 0 Å². The van der Waals surface area contributed by atoms with Crippen LogP contribution in [0.1, 0.15) is 36.1 Å². The van der Waals surface area contributed by atoms with E-state index in [1.807, 2.05) is 17.8 Å².